The number of hydrogen-bond acceptors (Lipinski definition) is 4. The van der Waals surface area contributed by atoms with Crippen molar-refractivity contribution in [3.8, 4) is 0 Å². The number of benzene rings is 1. The molecule has 0 unspecified atom stereocenters. The van der Waals surface area contributed by atoms with Crippen molar-refractivity contribution in [2.45, 2.75) is 17.7 Å². The second-order valence-electron chi connectivity index (χ2n) is 3.89. The molecule has 94 valence electrons. The first-order valence-electron chi connectivity index (χ1n) is 5.74. The van der Waals surface area contributed by atoms with Crippen molar-refractivity contribution >= 4 is 29.9 Å². The molecular formula is C14H14O2S2. The highest BCUT2D eigenvalue weighted by atomic mass is 32.1. The van der Waals surface area contributed by atoms with Crippen LogP contribution in [0.5, 0.6) is 0 Å². The molecule has 0 atom stereocenters. The quantitative estimate of drug-likeness (QED) is 0.511. The maximum absolute atomic E-state index is 11.6. The van der Waals surface area contributed by atoms with Crippen molar-refractivity contribution < 1.29 is 9.53 Å². The summed E-state index contributed by atoms with van der Waals surface area (Å²) in [6, 6.07) is 11.9. The fourth-order valence-corrected chi connectivity index (χ4v) is 2.63. The molecule has 0 aliphatic carbocycles. The lowest BCUT2D eigenvalue weighted by atomic mass is 10.1. The van der Waals surface area contributed by atoms with Crippen LogP contribution in [0.4, 0.5) is 0 Å². The molecule has 1 aromatic carbocycles. The van der Waals surface area contributed by atoms with Gasteiger partial charge in [-0.15, -0.1) is 24.0 Å². The van der Waals surface area contributed by atoms with E-state index in [1.54, 1.807) is 6.07 Å². The molecule has 2 aromatic rings. The maximum Gasteiger partial charge on any atom is 0.348 e. The summed E-state index contributed by atoms with van der Waals surface area (Å²) in [5.74, 6) is -0.256. The average molecular weight is 278 g/mol. The summed E-state index contributed by atoms with van der Waals surface area (Å²) in [6.45, 7) is 0.452. The first-order chi connectivity index (χ1) is 8.75. The second kappa shape index (κ2) is 6.61. The molecule has 0 radical (unpaired) electrons. The standard InChI is InChI=1S/C14H14O2S2/c15-14(13-9-12(17)10-18-13)16-8-4-7-11-5-2-1-3-6-11/h1-3,5-6,9-10,17H,4,7-8H2. The van der Waals surface area contributed by atoms with E-state index in [4.69, 9.17) is 4.74 Å². The number of thiol groups is 1. The SMILES string of the molecule is O=C(OCCCc1ccccc1)c1cc(S)cs1. The Hall–Kier alpha value is -1.26. The molecule has 0 saturated heterocycles. The van der Waals surface area contributed by atoms with E-state index in [9.17, 15) is 4.79 Å². The fourth-order valence-electron chi connectivity index (χ4n) is 1.59. The van der Waals surface area contributed by atoms with Crippen LogP contribution < -0.4 is 0 Å². The predicted octanol–water partition coefficient (Wildman–Crippen LogP) is 3.83. The number of carbonyl (C=O) groups excluding carboxylic acids is 1. The zero-order valence-corrected chi connectivity index (χ0v) is 11.5. The molecular weight excluding hydrogens is 264 g/mol. The third kappa shape index (κ3) is 3.89. The Morgan fingerprint density at radius 3 is 2.72 bits per heavy atom. The van der Waals surface area contributed by atoms with Crippen molar-refractivity contribution in [1.29, 1.82) is 0 Å². The maximum atomic E-state index is 11.6. The van der Waals surface area contributed by atoms with Crippen LogP contribution in [-0.4, -0.2) is 12.6 Å². The van der Waals surface area contributed by atoms with Gasteiger partial charge in [0.15, 0.2) is 0 Å². The van der Waals surface area contributed by atoms with Crippen molar-refractivity contribution in [2.24, 2.45) is 0 Å². The molecule has 0 saturated carbocycles. The Morgan fingerprint density at radius 2 is 2.06 bits per heavy atom. The molecule has 0 fully saturated rings. The number of hydrogen-bond donors (Lipinski definition) is 1. The number of thiophene rings is 1. The van der Waals surface area contributed by atoms with E-state index in [2.05, 4.69) is 24.8 Å². The van der Waals surface area contributed by atoms with Gasteiger partial charge >= 0.3 is 5.97 Å². The lowest BCUT2D eigenvalue weighted by Gasteiger charge is -2.03. The van der Waals surface area contributed by atoms with E-state index in [-0.39, 0.29) is 5.97 Å². The molecule has 18 heavy (non-hydrogen) atoms. The highest BCUT2D eigenvalue weighted by Gasteiger charge is 2.09. The van der Waals surface area contributed by atoms with E-state index >= 15 is 0 Å². The van der Waals surface area contributed by atoms with Gasteiger partial charge in [-0.3, -0.25) is 0 Å². The number of ether oxygens (including phenoxy) is 1. The third-order valence-corrected chi connectivity index (χ3v) is 3.82. The van der Waals surface area contributed by atoms with Gasteiger partial charge in [0.2, 0.25) is 0 Å². The second-order valence-corrected chi connectivity index (χ2v) is 5.32. The Kier molecular flexibility index (Phi) is 4.84. The summed E-state index contributed by atoms with van der Waals surface area (Å²) in [7, 11) is 0. The molecule has 1 heterocycles. The minimum Gasteiger partial charge on any atom is -0.461 e. The van der Waals surface area contributed by atoms with E-state index in [0.29, 0.717) is 11.5 Å². The fraction of sp³-hybridized carbons (Fsp3) is 0.214. The van der Waals surface area contributed by atoms with Crippen LogP contribution in [0.15, 0.2) is 46.7 Å². The summed E-state index contributed by atoms with van der Waals surface area (Å²) >= 11 is 5.52. The largest absolute Gasteiger partial charge is 0.461 e. The van der Waals surface area contributed by atoms with Crippen molar-refractivity contribution in [3.05, 3.63) is 52.2 Å². The van der Waals surface area contributed by atoms with Gasteiger partial charge in [-0.1, -0.05) is 30.3 Å². The smallest absolute Gasteiger partial charge is 0.348 e. The summed E-state index contributed by atoms with van der Waals surface area (Å²) in [4.78, 5) is 13.0. The molecule has 0 N–H and O–H groups in total. The minimum atomic E-state index is -0.256. The van der Waals surface area contributed by atoms with Crippen LogP contribution in [0.1, 0.15) is 21.7 Å². The van der Waals surface area contributed by atoms with Crippen LogP contribution in [0.3, 0.4) is 0 Å². The highest BCUT2D eigenvalue weighted by molar-refractivity contribution is 7.80. The highest BCUT2D eigenvalue weighted by Crippen LogP contribution is 2.18. The van der Waals surface area contributed by atoms with Gasteiger partial charge in [0.1, 0.15) is 4.88 Å². The summed E-state index contributed by atoms with van der Waals surface area (Å²) in [5, 5.41) is 1.82. The summed E-state index contributed by atoms with van der Waals surface area (Å²) in [5.41, 5.74) is 1.27. The summed E-state index contributed by atoms with van der Waals surface area (Å²) in [6.07, 6.45) is 1.77. The van der Waals surface area contributed by atoms with Crippen LogP contribution >= 0.6 is 24.0 Å². The Bertz CT molecular complexity index is 506. The molecule has 1 aromatic heterocycles. The van der Waals surface area contributed by atoms with Gasteiger partial charge < -0.3 is 4.74 Å². The van der Waals surface area contributed by atoms with Crippen LogP contribution in [0.2, 0.25) is 0 Å². The van der Waals surface area contributed by atoms with Gasteiger partial charge in [0.25, 0.3) is 0 Å². The normalized spacial score (nSPS) is 10.3. The van der Waals surface area contributed by atoms with Crippen LogP contribution in [-0.2, 0) is 11.2 Å². The number of esters is 1. The van der Waals surface area contributed by atoms with Gasteiger partial charge in [0.05, 0.1) is 6.61 Å². The summed E-state index contributed by atoms with van der Waals surface area (Å²) < 4.78 is 5.20. The van der Waals surface area contributed by atoms with Gasteiger partial charge in [-0.2, -0.15) is 0 Å². The molecule has 0 aliphatic rings. The zero-order valence-electron chi connectivity index (χ0n) is 9.83. The Balaban J connectivity index is 1.71. The van der Waals surface area contributed by atoms with E-state index in [1.807, 2.05) is 23.6 Å². The number of aryl methyl sites for hydroxylation is 1. The van der Waals surface area contributed by atoms with Gasteiger partial charge in [-0.25, -0.2) is 4.79 Å². The molecule has 0 amide bonds. The van der Waals surface area contributed by atoms with Gasteiger partial charge in [0, 0.05) is 10.3 Å². The van der Waals surface area contributed by atoms with E-state index < -0.39 is 0 Å². The molecule has 2 rings (SSSR count). The van der Waals surface area contributed by atoms with Crippen molar-refractivity contribution in [2.75, 3.05) is 6.61 Å². The predicted molar refractivity (Wildman–Crippen MR) is 76.6 cm³/mol. The molecule has 0 aliphatic heterocycles. The lowest BCUT2D eigenvalue weighted by Crippen LogP contribution is -2.05. The molecule has 0 spiro atoms. The minimum absolute atomic E-state index is 0.256. The first kappa shape index (κ1) is 13.2. The van der Waals surface area contributed by atoms with Crippen molar-refractivity contribution in [1.82, 2.24) is 0 Å². The monoisotopic (exact) mass is 278 g/mol. The zero-order chi connectivity index (χ0) is 12.8. The molecule has 0 bridgehead atoms. The lowest BCUT2D eigenvalue weighted by molar-refractivity contribution is 0.0506. The van der Waals surface area contributed by atoms with E-state index in [0.717, 1.165) is 17.7 Å². The number of rotatable bonds is 5. The molecule has 4 heteroatoms. The van der Waals surface area contributed by atoms with Crippen molar-refractivity contribution in [3.63, 3.8) is 0 Å². The Morgan fingerprint density at radius 1 is 1.28 bits per heavy atom. The van der Waals surface area contributed by atoms with Crippen LogP contribution in [0.25, 0.3) is 0 Å². The topological polar surface area (TPSA) is 26.3 Å². The third-order valence-electron chi connectivity index (χ3n) is 2.47. The van der Waals surface area contributed by atoms with Gasteiger partial charge in [-0.05, 0) is 24.5 Å². The van der Waals surface area contributed by atoms with Crippen LogP contribution in [0, 0.1) is 0 Å². The number of carbonyl (C=O) groups is 1. The Labute approximate surface area is 116 Å². The first-order valence-corrected chi connectivity index (χ1v) is 7.07. The molecule has 2 nitrogen and oxygen atoms in total. The average Bonchev–Trinajstić information content (AvgIpc) is 2.82. The van der Waals surface area contributed by atoms with E-state index in [1.165, 1.54) is 16.9 Å².